The van der Waals surface area contributed by atoms with Crippen LogP contribution in [0.1, 0.15) is 32.3 Å². The first-order valence-corrected chi connectivity index (χ1v) is 7.99. The van der Waals surface area contributed by atoms with Gasteiger partial charge in [0.2, 0.25) is 0 Å². The van der Waals surface area contributed by atoms with Crippen LogP contribution in [0.2, 0.25) is 0 Å². The molecule has 0 bridgehead atoms. The van der Waals surface area contributed by atoms with Crippen LogP contribution in [0.15, 0.2) is 24.3 Å². The van der Waals surface area contributed by atoms with Gasteiger partial charge >= 0.3 is 6.03 Å². The van der Waals surface area contributed by atoms with Crippen molar-refractivity contribution >= 4 is 11.7 Å². The number of amides is 2. The topological polar surface area (TPSA) is 53.6 Å². The Balaban J connectivity index is 1.82. The quantitative estimate of drug-likeness (QED) is 0.879. The zero-order valence-electron chi connectivity index (χ0n) is 13.8. The molecule has 2 N–H and O–H groups in total. The van der Waals surface area contributed by atoms with Gasteiger partial charge in [-0.1, -0.05) is 12.1 Å². The molecule has 1 saturated heterocycles. The van der Waals surface area contributed by atoms with Crippen molar-refractivity contribution in [3.05, 3.63) is 29.8 Å². The fourth-order valence-corrected chi connectivity index (χ4v) is 2.51. The van der Waals surface area contributed by atoms with E-state index in [1.54, 1.807) is 0 Å². The maximum absolute atomic E-state index is 12.1. The fraction of sp³-hybridized carbons (Fsp3) is 0.588. The highest BCUT2D eigenvalue weighted by Crippen LogP contribution is 2.13. The third-order valence-electron chi connectivity index (χ3n) is 3.82. The molecule has 0 atom stereocenters. The highest BCUT2D eigenvalue weighted by atomic mass is 16.5. The predicted octanol–water partition coefficient (Wildman–Crippen LogP) is 2.83. The first-order valence-electron chi connectivity index (χ1n) is 7.99. The molecule has 1 aliphatic rings. The summed E-state index contributed by atoms with van der Waals surface area (Å²) in [6, 6.07) is 7.93. The van der Waals surface area contributed by atoms with E-state index in [0.29, 0.717) is 6.61 Å². The Hall–Kier alpha value is -1.59. The van der Waals surface area contributed by atoms with Crippen LogP contribution in [-0.2, 0) is 11.3 Å². The molecule has 22 heavy (non-hydrogen) atoms. The molecule has 1 aliphatic heterocycles. The largest absolute Gasteiger partial charge is 0.374 e. The Bertz CT molecular complexity index is 483. The lowest BCUT2D eigenvalue weighted by atomic mass is 10.1. The van der Waals surface area contributed by atoms with E-state index in [2.05, 4.69) is 22.6 Å². The molecule has 1 fully saturated rings. The predicted molar refractivity (Wildman–Crippen MR) is 89.0 cm³/mol. The van der Waals surface area contributed by atoms with Crippen LogP contribution in [0.25, 0.3) is 0 Å². The van der Waals surface area contributed by atoms with Crippen molar-refractivity contribution in [3.63, 3.8) is 0 Å². The third kappa shape index (κ3) is 5.66. The van der Waals surface area contributed by atoms with E-state index in [1.807, 2.05) is 38.1 Å². The molecule has 1 heterocycles. The molecule has 1 aromatic rings. The van der Waals surface area contributed by atoms with Crippen molar-refractivity contribution in [1.29, 1.82) is 0 Å². The summed E-state index contributed by atoms with van der Waals surface area (Å²) in [6.45, 7) is 6.65. The number of hydrogen-bond acceptors (Lipinski definition) is 3. The number of ether oxygens (including phenoxy) is 1. The zero-order valence-corrected chi connectivity index (χ0v) is 13.8. The monoisotopic (exact) mass is 305 g/mol. The van der Waals surface area contributed by atoms with Crippen molar-refractivity contribution in [2.24, 2.45) is 0 Å². The van der Waals surface area contributed by atoms with Gasteiger partial charge < -0.3 is 20.3 Å². The van der Waals surface area contributed by atoms with Gasteiger partial charge in [0, 0.05) is 11.7 Å². The van der Waals surface area contributed by atoms with E-state index in [1.165, 1.54) is 0 Å². The lowest BCUT2D eigenvalue weighted by Gasteiger charge is -2.29. The molecule has 0 aliphatic carbocycles. The van der Waals surface area contributed by atoms with Crippen molar-refractivity contribution < 1.29 is 9.53 Å². The van der Waals surface area contributed by atoms with Crippen molar-refractivity contribution in [2.75, 3.05) is 25.5 Å². The van der Waals surface area contributed by atoms with Crippen LogP contribution in [-0.4, -0.2) is 43.2 Å². The van der Waals surface area contributed by atoms with Gasteiger partial charge in [-0.15, -0.1) is 0 Å². The lowest BCUT2D eigenvalue weighted by Crippen LogP contribution is -2.44. The van der Waals surface area contributed by atoms with Gasteiger partial charge in [0.25, 0.3) is 0 Å². The van der Waals surface area contributed by atoms with E-state index in [4.69, 9.17) is 4.74 Å². The summed E-state index contributed by atoms with van der Waals surface area (Å²) in [4.78, 5) is 14.4. The molecule has 1 aromatic carbocycles. The molecular formula is C17H27N3O2. The summed E-state index contributed by atoms with van der Waals surface area (Å²) >= 11 is 0. The van der Waals surface area contributed by atoms with Gasteiger partial charge in [0.05, 0.1) is 12.7 Å². The van der Waals surface area contributed by atoms with Gasteiger partial charge in [-0.2, -0.15) is 0 Å². The van der Waals surface area contributed by atoms with Gasteiger partial charge in [-0.25, -0.2) is 4.79 Å². The van der Waals surface area contributed by atoms with Gasteiger partial charge in [-0.05, 0) is 64.5 Å². The summed E-state index contributed by atoms with van der Waals surface area (Å²) in [7, 11) is 2.11. The smallest absolute Gasteiger partial charge is 0.319 e. The van der Waals surface area contributed by atoms with Crippen molar-refractivity contribution in [2.45, 2.75) is 45.4 Å². The number of anilines is 1. The Morgan fingerprint density at radius 3 is 2.77 bits per heavy atom. The lowest BCUT2D eigenvalue weighted by molar-refractivity contribution is 0.0657. The molecular weight excluding hydrogens is 278 g/mol. The molecule has 0 aromatic heterocycles. The van der Waals surface area contributed by atoms with Crippen LogP contribution in [0.4, 0.5) is 10.5 Å². The Labute approximate surface area is 133 Å². The van der Waals surface area contributed by atoms with Crippen LogP contribution in [0, 0.1) is 0 Å². The maximum atomic E-state index is 12.1. The first-order chi connectivity index (χ1) is 10.5. The van der Waals surface area contributed by atoms with E-state index in [9.17, 15) is 4.79 Å². The number of rotatable bonds is 5. The highest BCUT2D eigenvalue weighted by molar-refractivity contribution is 5.89. The van der Waals surface area contributed by atoms with E-state index in [-0.39, 0.29) is 18.2 Å². The molecule has 2 rings (SSSR count). The fourth-order valence-electron chi connectivity index (χ4n) is 2.51. The Morgan fingerprint density at radius 1 is 1.36 bits per heavy atom. The molecule has 5 nitrogen and oxygen atoms in total. The molecule has 0 saturated carbocycles. The number of benzene rings is 1. The average molecular weight is 305 g/mol. The number of nitrogens with one attached hydrogen (secondary N) is 2. The summed E-state index contributed by atoms with van der Waals surface area (Å²) in [5, 5.41) is 5.96. The van der Waals surface area contributed by atoms with Gasteiger partial charge in [-0.3, -0.25) is 0 Å². The van der Waals surface area contributed by atoms with Crippen LogP contribution < -0.4 is 10.6 Å². The SMILES string of the molecule is CC(C)OCc1cccc(NC(=O)NC2CCN(C)CC2)c1. The molecule has 0 radical (unpaired) electrons. The van der Waals surface area contributed by atoms with Crippen molar-refractivity contribution in [1.82, 2.24) is 10.2 Å². The highest BCUT2D eigenvalue weighted by Gasteiger charge is 2.18. The minimum Gasteiger partial charge on any atom is -0.374 e. The average Bonchev–Trinajstić information content (AvgIpc) is 2.48. The second-order valence-corrected chi connectivity index (χ2v) is 6.24. The molecule has 0 spiro atoms. The standard InChI is InChI=1S/C17H27N3O2/c1-13(2)22-12-14-5-4-6-16(11-14)19-17(21)18-15-7-9-20(3)10-8-15/h4-6,11,13,15H,7-10,12H2,1-3H3,(H2,18,19,21). The number of carbonyl (C=O) groups is 1. The van der Waals surface area contributed by atoms with Crippen LogP contribution in [0.5, 0.6) is 0 Å². The second-order valence-electron chi connectivity index (χ2n) is 6.24. The summed E-state index contributed by atoms with van der Waals surface area (Å²) in [5.74, 6) is 0. The molecule has 5 heteroatoms. The van der Waals surface area contributed by atoms with Crippen molar-refractivity contribution in [3.8, 4) is 0 Å². The molecule has 2 amide bonds. The van der Waals surface area contributed by atoms with Crippen LogP contribution in [0.3, 0.4) is 0 Å². The molecule has 122 valence electrons. The summed E-state index contributed by atoms with van der Waals surface area (Å²) < 4.78 is 5.59. The summed E-state index contributed by atoms with van der Waals surface area (Å²) in [6.07, 6.45) is 2.21. The minimum absolute atomic E-state index is 0.128. The zero-order chi connectivity index (χ0) is 15.9. The number of nitrogens with zero attached hydrogens (tertiary/aromatic N) is 1. The third-order valence-corrected chi connectivity index (χ3v) is 3.82. The Morgan fingerprint density at radius 2 is 2.09 bits per heavy atom. The molecule has 0 unspecified atom stereocenters. The number of hydrogen-bond donors (Lipinski definition) is 2. The Kier molecular flexibility index (Phi) is 6.21. The number of likely N-dealkylation sites (tertiary alicyclic amines) is 1. The van der Waals surface area contributed by atoms with E-state index >= 15 is 0 Å². The minimum atomic E-state index is -0.128. The maximum Gasteiger partial charge on any atom is 0.319 e. The van der Waals surface area contributed by atoms with Gasteiger partial charge in [0.15, 0.2) is 0 Å². The first kappa shape index (κ1) is 16.8. The van der Waals surface area contributed by atoms with Gasteiger partial charge in [0.1, 0.15) is 0 Å². The number of carbonyl (C=O) groups excluding carboxylic acids is 1. The number of urea groups is 1. The normalized spacial score (nSPS) is 16.7. The van der Waals surface area contributed by atoms with Crippen LogP contribution >= 0.6 is 0 Å². The number of piperidine rings is 1. The second kappa shape index (κ2) is 8.15. The summed E-state index contributed by atoms with van der Waals surface area (Å²) in [5.41, 5.74) is 1.86. The van der Waals surface area contributed by atoms with E-state index < -0.39 is 0 Å². The van der Waals surface area contributed by atoms with E-state index in [0.717, 1.165) is 37.2 Å².